The number of aliphatic hydroxyl groups is 2. The van der Waals surface area contributed by atoms with E-state index in [9.17, 15) is 15.0 Å². The van der Waals surface area contributed by atoms with Gasteiger partial charge in [0.2, 0.25) is 5.91 Å². The second-order valence-corrected chi connectivity index (χ2v) is 13.8. The zero-order valence-electron chi connectivity index (χ0n) is 22.6. The molecule has 4 aliphatic carbocycles. The van der Waals surface area contributed by atoms with E-state index in [1.54, 1.807) is 5.57 Å². The highest BCUT2D eigenvalue weighted by Gasteiger charge is 2.59. The molecule has 5 rings (SSSR count). The average molecular weight is 488 g/mol. The van der Waals surface area contributed by atoms with Gasteiger partial charge in [-0.15, -0.1) is 0 Å². The van der Waals surface area contributed by atoms with Crippen molar-refractivity contribution >= 4 is 5.91 Å². The minimum absolute atomic E-state index is 0.0409. The van der Waals surface area contributed by atoms with Crippen molar-refractivity contribution in [3.63, 3.8) is 0 Å². The Kier molecular flexibility index (Phi) is 6.94. The van der Waals surface area contributed by atoms with Crippen LogP contribution >= 0.6 is 0 Å². The van der Waals surface area contributed by atoms with Crippen LogP contribution in [-0.2, 0) is 9.53 Å². The lowest BCUT2D eigenvalue weighted by Crippen LogP contribution is -2.51. The van der Waals surface area contributed by atoms with Crippen molar-refractivity contribution in [2.45, 2.75) is 104 Å². The molecule has 0 bridgehead atoms. The number of likely N-dealkylation sites (tertiary alicyclic amines) is 1. The number of nitrogens with zero attached hydrogens (tertiary/aromatic N) is 1. The minimum Gasteiger partial charge on any atom is -0.396 e. The van der Waals surface area contributed by atoms with Gasteiger partial charge >= 0.3 is 0 Å². The molecule has 1 aliphatic heterocycles. The molecule has 1 heterocycles. The van der Waals surface area contributed by atoms with Crippen LogP contribution in [0.2, 0.25) is 0 Å². The van der Waals surface area contributed by atoms with Crippen LogP contribution in [0.4, 0.5) is 0 Å². The van der Waals surface area contributed by atoms with Gasteiger partial charge in [0, 0.05) is 19.7 Å². The summed E-state index contributed by atoms with van der Waals surface area (Å²) in [5.41, 5.74) is 2.09. The van der Waals surface area contributed by atoms with E-state index in [-0.39, 0.29) is 42.2 Å². The molecule has 0 aromatic heterocycles. The summed E-state index contributed by atoms with van der Waals surface area (Å²) in [5.74, 6) is 2.89. The van der Waals surface area contributed by atoms with Gasteiger partial charge in [-0.2, -0.15) is 0 Å². The van der Waals surface area contributed by atoms with Gasteiger partial charge in [0.1, 0.15) is 6.61 Å². The van der Waals surface area contributed by atoms with E-state index in [4.69, 9.17) is 4.74 Å². The number of ether oxygens (including phenoxy) is 1. The fourth-order valence-electron chi connectivity index (χ4n) is 9.32. The molecule has 5 nitrogen and oxygen atoms in total. The molecule has 0 radical (unpaired) electrons. The van der Waals surface area contributed by atoms with Gasteiger partial charge in [0.25, 0.3) is 0 Å². The Morgan fingerprint density at radius 3 is 2.54 bits per heavy atom. The summed E-state index contributed by atoms with van der Waals surface area (Å²) in [7, 11) is 0. The molecule has 1 amide bonds. The van der Waals surface area contributed by atoms with Gasteiger partial charge < -0.3 is 19.8 Å². The normalized spacial score (nSPS) is 43.5. The van der Waals surface area contributed by atoms with Crippen LogP contribution < -0.4 is 0 Å². The standard InChI is InChI=1S/C30H49NO4/c1-20(35-18-27(34)31-15-13-28(2,19-32)14-16-31)24-7-8-25-23-6-5-21-17-22(33)9-11-29(21,3)26(23)10-12-30(24,25)4/h5,20,22-26,32-33H,6-19H2,1-4H3/t20-,22-,23-,24+,25-,26-,29-,30+/m0/s1. The van der Waals surface area contributed by atoms with E-state index in [1.807, 2.05) is 4.90 Å². The van der Waals surface area contributed by atoms with E-state index >= 15 is 0 Å². The fraction of sp³-hybridized carbons (Fsp3) is 0.900. The summed E-state index contributed by atoms with van der Waals surface area (Å²) < 4.78 is 6.31. The number of hydrogen-bond donors (Lipinski definition) is 2. The number of hydrogen-bond acceptors (Lipinski definition) is 4. The highest BCUT2D eigenvalue weighted by atomic mass is 16.5. The van der Waals surface area contributed by atoms with Gasteiger partial charge in [0.15, 0.2) is 0 Å². The number of carbonyl (C=O) groups excluding carboxylic acids is 1. The lowest BCUT2D eigenvalue weighted by Gasteiger charge is -2.58. The molecule has 0 unspecified atom stereocenters. The molecule has 1 saturated heterocycles. The van der Waals surface area contributed by atoms with Crippen LogP contribution in [0.25, 0.3) is 0 Å². The summed E-state index contributed by atoms with van der Waals surface area (Å²) in [6, 6.07) is 0. The third kappa shape index (κ3) is 4.42. The first-order valence-electron chi connectivity index (χ1n) is 14.5. The molecule has 5 heteroatoms. The van der Waals surface area contributed by atoms with E-state index in [2.05, 4.69) is 33.8 Å². The number of fused-ring (bicyclic) bond motifs is 5. The largest absolute Gasteiger partial charge is 0.396 e. The molecule has 2 N–H and O–H groups in total. The van der Waals surface area contributed by atoms with E-state index in [1.165, 1.54) is 32.1 Å². The van der Waals surface area contributed by atoms with Crippen molar-refractivity contribution in [2.75, 3.05) is 26.3 Å². The Bertz CT molecular complexity index is 832. The zero-order valence-corrected chi connectivity index (χ0v) is 22.6. The second kappa shape index (κ2) is 9.44. The fourth-order valence-corrected chi connectivity index (χ4v) is 9.32. The lowest BCUT2D eigenvalue weighted by atomic mass is 9.47. The molecule has 0 aromatic carbocycles. The van der Waals surface area contributed by atoms with Crippen LogP contribution in [0.3, 0.4) is 0 Å². The Hall–Kier alpha value is -0.910. The van der Waals surface area contributed by atoms with E-state index in [0.717, 1.165) is 62.9 Å². The second-order valence-electron chi connectivity index (χ2n) is 13.8. The molecule has 5 aliphatic rings. The van der Waals surface area contributed by atoms with Crippen LogP contribution in [0.1, 0.15) is 91.9 Å². The Morgan fingerprint density at radius 1 is 1.09 bits per heavy atom. The maximum absolute atomic E-state index is 12.9. The molecule has 8 atom stereocenters. The quantitative estimate of drug-likeness (QED) is 0.538. The van der Waals surface area contributed by atoms with Gasteiger partial charge in [-0.25, -0.2) is 0 Å². The number of carbonyl (C=O) groups is 1. The van der Waals surface area contributed by atoms with Crippen LogP contribution in [0.5, 0.6) is 0 Å². The first-order chi connectivity index (χ1) is 16.6. The third-order valence-electron chi connectivity index (χ3n) is 11.9. The molecule has 4 fully saturated rings. The predicted molar refractivity (Wildman–Crippen MR) is 138 cm³/mol. The number of allylic oxidation sites excluding steroid dienone is 1. The number of piperidine rings is 1. The van der Waals surface area contributed by atoms with Crippen LogP contribution in [0, 0.1) is 39.9 Å². The molecular formula is C30H49NO4. The third-order valence-corrected chi connectivity index (χ3v) is 11.9. The smallest absolute Gasteiger partial charge is 0.248 e. The van der Waals surface area contributed by atoms with Gasteiger partial charge in [-0.3, -0.25) is 4.79 Å². The predicted octanol–water partition coefficient (Wildman–Crippen LogP) is 4.95. The summed E-state index contributed by atoms with van der Waals surface area (Å²) in [5, 5.41) is 19.9. The van der Waals surface area contributed by atoms with Gasteiger partial charge in [-0.1, -0.05) is 32.4 Å². The lowest BCUT2D eigenvalue weighted by molar-refractivity contribution is -0.144. The Morgan fingerprint density at radius 2 is 1.83 bits per heavy atom. The monoisotopic (exact) mass is 487 g/mol. The molecule has 35 heavy (non-hydrogen) atoms. The maximum Gasteiger partial charge on any atom is 0.248 e. The van der Waals surface area contributed by atoms with Crippen molar-refractivity contribution in [3.8, 4) is 0 Å². The first-order valence-corrected chi connectivity index (χ1v) is 14.5. The highest BCUT2D eigenvalue weighted by Crippen LogP contribution is 2.66. The van der Waals surface area contributed by atoms with Gasteiger partial charge in [-0.05, 0) is 111 Å². The summed E-state index contributed by atoms with van der Waals surface area (Å²) in [4.78, 5) is 14.8. The van der Waals surface area contributed by atoms with Crippen LogP contribution in [0.15, 0.2) is 11.6 Å². The zero-order chi connectivity index (χ0) is 25.0. The van der Waals surface area contributed by atoms with Crippen molar-refractivity contribution in [1.29, 1.82) is 0 Å². The summed E-state index contributed by atoms with van der Waals surface area (Å²) >= 11 is 0. The molecule has 0 aromatic rings. The Labute approximate surface area is 212 Å². The van der Waals surface area contributed by atoms with Crippen molar-refractivity contribution in [1.82, 2.24) is 4.90 Å². The van der Waals surface area contributed by atoms with E-state index in [0.29, 0.717) is 11.3 Å². The SMILES string of the molecule is C[C@H](OCC(=O)N1CCC(C)(CO)CC1)[C@H]1CC[C@H]2[C@@H]3CC=C4C[C@@H](O)CC[C@]4(C)[C@H]3CC[C@]12C. The Balaban J connectivity index is 1.20. The molecular weight excluding hydrogens is 438 g/mol. The number of amides is 1. The van der Waals surface area contributed by atoms with Crippen LogP contribution in [-0.4, -0.2) is 59.5 Å². The maximum atomic E-state index is 12.9. The summed E-state index contributed by atoms with van der Waals surface area (Å²) in [6.45, 7) is 11.2. The average Bonchev–Trinajstić information content (AvgIpc) is 3.20. The summed E-state index contributed by atoms with van der Waals surface area (Å²) in [6.07, 6.45) is 13.4. The van der Waals surface area contributed by atoms with Crippen molar-refractivity contribution in [2.24, 2.45) is 39.9 Å². The van der Waals surface area contributed by atoms with E-state index < -0.39 is 0 Å². The van der Waals surface area contributed by atoms with Gasteiger partial charge in [0.05, 0.1) is 12.2 Å². The molecule has 3 saturated carbocycles. The van der Waals surface area contributed by atoms with Crippen molar-refractivity contribution < 1.29 is 19.7 Å². The minimum atomic E-state index is -0.138. The molecule has 198 valence electrons. The number of aliphatic hydroxyl groups excluding tert-OH is 2. The molecule has 0 spiro atoms. The number of rotatable bonds is 5. The highest BCUT2D eigenvalue weighted by molar-refractivity contribution is 5.77. The van der Waals surface area contributed by atoms with Crippen molar-refractivity contribution in [3.05, 3.63) is 11.6 Å². The first kappa shape index (κ1) is 25.7. The topological polar surface area (TPSA) is 70.0 Å².